The highest BCUT2D eigenvalue weighted by molar-refractivity contribution is 5.75. The van der Waals surface area contributed by atoms with Crippen LogP contribution in [-0.2, 0) is 16.1 Å². The molecule has 1 atom stereocenters. The van der Waals surface area contributed by atoms with Crippen LogP contribution in [0.25, 0.3) is 0 Å². The maximum Gasteiger partial charge on any atom is 0.349 e. The Bertz CT molecular complexity index is 535. The summed E-state index contributed by atoms with van der Waals surface area (Å²) >= 11 is 0. The lowest BCUT2D eigenvalue weighted by molar-refractivity contribution is -0.152. The van der Waals surface area contributed by atoms with E-state index in [0.717, 1.165) is 5.56 Å². The lowest BCUT2D eigenvalue weighted by Crippen LogP contribution is -2.33. The van der Waals surface area contributed by atoms with E-state index < -0.39 is 6.10 Å². The summed E-state index contributed by atoms with van der Waals surface area (Å²) in [5.74, 6) is 0.274. The number of carbonyl (C=O) groups is 1. The van der Waals surface area contributed by atoms with Crippen molar-refractivity contribution in [2.24, 2.45) is 0 Å². The first-order chi connectivity index (χ1) is 9.69. The van der Waals surface area contributed by atoms with E-state index in [1.165, 1.54) is 0 Å². The smallest absolute Gasteiger partial charge is 0.349 e. The second-order valence-electron chi connectivity index (χ2n) is 4.43. The molecule has 1 aromatic heterocycles. The molecular formula is C15H18N2O3. The van der Waals surface area contributed by atoms with Crippen molar-refractivity contribution < 1.29 is 14.3 Å². The van der Waals surface area contributed by atoms with Crippen LogP contribution in [0.3, 0.4) is 0 Å². The van der Waals surface area contributed by atoms with E-state index in [4.69, 9.17) is 9.47 Å². The molecular weight excluding hydrogens is 256 g/mol. The minimum absolute atomic E-state index is 0.330. The van der Waals surface area contributed by atoms with E-state index in [2.05, 4.69) is 4.98 Å². The Labute approximate surface area is 118 Å². The average molecular weight is 274 g/mol. The fourth-order valence-electron chi connectivity index (χ4n) is 1.76. The summed E-state index contributed by atoms with van der Waals surface area (Å²) in [5, 5.41) is 0. The summed E-state index contributed by atoms with van der Waals surface area (Å²) < 4.78 is 12.6. The standard InChI is InChI=1S/C15H18N2O3/c1-3-19-15(18)14(10-17-9-8-16-11-17)20-13-6-4-12(2)5-7-13/h4-9,11,14H,3,10H2,1-2H3. The van der Waals surface area contributed by atoms with Crippen molar-refractivity contribution in [3.05, 3.63) is 48.5 Å². The molecule has 0 aliphatic rings. The van der Waals surface area contributed by atoms with Crippen molar-refractivity contribution in [1.82, 2.24) is 9.55 Å². The number of nitrogens with zero attached hydrogens (tertiary/aromatic N) is 2. The summed E-state index contributed by atoms with van der Waals surface area (Å²) in [6.45, 7) is 4.47. The van der Waals surface area contributed by atoms with Crippen molar-refractivity contribution in [2.75, 3.05) is 6.61 Å². The number of rotatable bonds is 6. The molecule has 1 heterocycles. The first-order valence-electron chi connectivity index (χ1n) is 6.54. The van der Waals surface area contributed by atoms with Gasteiger partial charge in [0, 0.05) is 12.4 Å². The molecule has 5 heteroatoms. The van der Waals surface area contributed by atoms with Gasteiger partial charge in [0.15, 0.2) is 0 Å². The molecule has 0 saturated carbocycles. The van der Waals surface area contributed by atoms with E-state index in [0.29, 0.717) is 18.9 Å². The largest absolute Gasteiger partial charge is 0.477 e. The van der Waals surface area contributed by atoms with E-state index >= 15 is 0 Å². The maximum atomic E-state index is 12.0. The average Bonchev–Trinajstić information content (AvgIpc) is 2.94. The van der Waals surface area contributed by atoms with E-state index in [-0.39, 0.29) is 5.97 Å². The molecule has 0 bridgehead atoms. The van der Waals surface area contributed by atoms with Crippen LogP contribution >= 0.6 is 0 Å². The quantitative estimate of drug-likeness (QED) is 0.758. The Hall–Kier alpha value is -2.30. The van der Waals surface area contributed by atoms with E-state index in [9.17, 15) is 4.79 Å². The summed E-state index contributed by atoms with van der Waals surface area (Å²) in [6, 6.07) is 7.56. The van der Waals surface area contributed by atoms with Gasteiger partial charge in [-0.15, -0.1) is 0 Å². The highest BCUT2D eigenvalue weighted by Gasteiger charge is 2.22. The number of aryl methyl sites for hydroxylation is 1. The Morgan fingerprint density at radius 2 is 2.10 bits per heavy atom. The second-order valence-corrected chi connectivity index (χ2v) is 4.43. The zero-order valence-corrected chi connectivity index (χ0v) is 11.7. The molecule has 0 saturated heterocycles. The van der Waals surface area contributed by atoms with Gasteiger partial charge in [-0.2, -0.15) is 0 Å². The van der Waals surface area contributed by atoms with Crippen LogP contribution in [0.4, 0.5) is 0 Å². The lowest BCUT2D eigenvalue weighted by atomic mass is 10.2. The zero-order chi connectivity index (χ0) is 14.4. The first-order valence-corrected chi connectivity index (χ1v) is 6.54. The lowest BCUT2D eigenvalue weighted by Gasteiger charge is -2.18. The molecule has 20 heavy (non-hydrogen) atoms. The Kier molecular flexibility index (Phi) is 4.76. The summed E-state index contributed by atoms with van der Waals surface area (Å²) in [4.78, 5) is 15.9. The fraction of sp³-hybridized carbons (Fsp3) is 0.333. The van der Waals surface area contributed by atoms with Crippen LogP contribution in [0.1, 0.15) is 12.5 Å². The number of aromatic nitrogens is 2. The number of ether oxygens (including phenoxy) is 2. The molecule has 0 aliphatic heterocycles. The van der Waals surface area contributed by atoms with Crippen molar-refractivity contribution in [2.45, 2.75) is 26.5 Å². The van der Waals surface area contributed by atoms with Gasteiger partial charge >= 0.3 is 5.97 Å². The van der Waals surface area contributed by atoms with E-state index in [1.54, 1.807) is 30.2 Å². The predicted molar refractivity (Wildman–Crippen MR) is 74.5 cm³/mol. The first kappa shape index (κ1) is 14.1. The van der Waals surface area contributed by atoms with Crippen molar-refractivity contribution in [1.29, 1.82) is 0 Å². The van der Waals surface area contributed by atoms with Gasteiger partial charge in [-0.25, -0.2) is 9.78 Å². The number of carbonyl (C=O) groups excluding carboxylic acids is 1. The monoisotopic (exact) mass is 274 g/mol. The van der Waals surface area contributed by atoms with Crippen LogP contribution in [0.15, 0.2) is 43.0 Å². The number of hydrogen-bond donors (Lipinski definition) is 0. The minimum atomic E-state index is -0.688. The number of esters is 1. The van der Waals surface area contributed by atoms with E-state index in [1.807, 2.05) is 31.2 Å². The van der Waals surface area contributed by atoms with Crippen molar-refractivity contribution in [3.63, 3.8) is 0 Å². The SMILES string of the molecule is CCOC(=O)C(Cn1ccnc1)Oc1ccc(C)cc1. The predicted octanol–water partition coefficient (Wildman–Crippen LogP) is 2.20. The maximum absolute atomic E-state index is 12.0. The van der Waals surface area contributed by atoms with Gasteiger partial charge in [0.25, 0.3) is 0 Å². The molecule has 0 spiro atoms. The Morgan fingerprint density at radius 3 is 2.70 bits per heavy atom. The third kappa shape index (κ3) is 3.85. The van der Waals surface area contributed by atoms with Crippen molar-refractivity contribution >= 4 is 5.97 Å². The van der Waals surface area contributed by atoms with Gasteiger partial charge in [0.05, 0.1) is 19.5 Å². The molecule has 106 valence electrons. The molecule has 2 aromatic rings. The van der Waals surface area contributed by atoms with Crippen LogP contribution in [-0.4, -0.2) is 28.2 Å². The van der Waals surface area contributed by atoms with Crippen LogP contribution < -0.4 is 4.74 Å². The van der Waals surface area contributed by atoms with Gasteiger partial charge in [-0.05, 0) is 26.0 Å². The Balaban J connectivity index is 2.09. The molecule has 0 radical (unpaired) electrons. The zero-order valence-electron chi connectivity index (χ0n) is 11.7. The Morgan fingerprint density at radius 1 is 1.35 bits per heavy atom. The molecule has 0 fully saturated rings. The molecule has 1 aromatic carbocycles. The van der Waals surface area contributed by atoms with Gasteiger partial charge in [-0.1, -0.05) is 17.7 Å². The topological polar surface area (TPSA) is 53.4 Å². The molecule has 1 unspecified atom stereocenters. The fourth-order valence-corrected chi connectivity index (χ4v) is 1.76. The summed E-state index contributed by atoms with van der Waals surface area (Å²) in [6.07, 6.45) is 4.40. The van der Waals surface area contributed by atoms with Gasteiger partial charge in [0.1, 0.15) is 5.75 Å². The third-order valence-corrected chi connectivity index (χ3v) is 2.78. The van der Waals surface area contributed by atoms with Crippen LogP contribution in [0.5, 0.6) is 5.75 Å². The number of benzene rings is 1. The number of imidazole rings is 1. The highest BCUT2D eigenvalue weighted by Crippen LogP contribution is 2.15. The number of hydrogen-bond acceptors (Lipinski definition) is 4. The van der Waals surface area contributed by atoms with Crippen LogP contribution in [0.2, 0.25) is 0 Å². The third-order valence-electron chi connectivity index (χ3n) is 2.78. The van der Waals surface area contributed by atoms with Gasteiger partial charge < -0.3 is 14.0 Å². The van der Waals surface area contributed by atoms with Gasteiger partial charge in [0.2, 0.25) is 6.10 Å². The molecule has 0 N–H and O–H groups in total. The summed E-state index contributed by atoms with van der Waals surface area (Å²) in [5.41, 5.74) is 1.14. The molecule has 0 aliphatic carbocycles. The molecule has 2 rings (SSSR count). The molecule has 5 nitrogen and oxygen atoms in total. The molecule has 0 amide bonds. The van der Waals surface area contributed by atoms with Gasteiger partial charge in [-0.3, -0.25) is 0 Å². The minimum Gasteiger partial charge on any atom is -0.477 e. The summed E-state index contributed by atoms with van der Waals surface area (Å²) in [7, 11) is 0. The highest BCUT2D eigenvalue weighted by atomic mass is 16.6. The normalized spacial score (nSPS) is 11.9. The van der Waals surface area contributed by atoms with Crippen molar-refractivity contribution in [3.8, 4) is 5.75 Å². The van der Waals surface area contributed by atoms with Crippen LogP contribution in [0, 0.1) is 6.92 Å². The second kappa shape index (κ2) is 6.75.